The molecule has 0 fully saturated rings. The van der Waals surface area contributed by atoms with Crippen LogP contribution in [0.5, 0.6) is 11.6 Å². The van der Waals surface area contributed by atoms with Gasteiger partial charge in [-0.1, -0.05) is 6.07 Å². The summed E-state index contributed by atoms with van der Waals surface area (Å²) in [4.78, 5) is 14.2. The average Bonchev–Trinajstić information content (AvgIpc) is 2.41. The Bertz CT molecular complexity index is 617. The van der Waals surface area contributed by atoms with E-state index in [1.807, 2.05) is 0 Å². The van der Waals surface area contributed by atoms with E-state index in [-0.39, 0.29) is 18.2 Å². The number of amides is 1. The molecule has 0 radical (unpaired) electrons. The summed E-state index contributed by atoms with van der Waals surface area (Å²) in [5, 5.41) is 10.6. The predicted octanol–water partition coefficient (Wildman–Crippen LogP) is 2.36. The van der Waals surface area contributed by atoms with Crippen LogP contribution in [0.1, 0.15) is 5.56 Å². The van der Waals surface area contributed by atoms with Crippen LogP contribution in [0.3, 0.4) is 0 Å². The molecule has 1 amide bonds. The minimum atomic E-state index is -1.17. The summed E-state index contributed by atoms with van der Waals surface area (Å²) in [5.41, 5.74) is 6.45. The van der Waals surface area contributed by atoms with Gasteiger partial charge >= 0.3 is 6.09 Å². The summed E-state index contributed by atoms with van der Waals surface area (Å²) >= 11 is 0. The molecule has 0 spiro atoms. The Balaban J connectivity index is 2.09. The van der Waals surface area contributed by atoms with E-state index in [9.17, 15) is 9.18 Å². The fraction of sp³-hybridized carbons (Fsp3) is 0.0769. The minimum absolute atomic E-state index is 0.00125. The number of hydrogen-bond donors (Lipinski definition) is 3. The van der Waals surface area contributed by atoms with Crippen LogP contribution in [0, 0.1) is 5.82 Å². The summed E-state index contributed by atoms with van der Waals surface area (Å²) < 4.78 is 19.1. The van der Waals surface area contributed by atoms with E-state index < -0.39 is 11.9 Å². The van der Waals surface area contributed by atoms with Crippen molar-refractivity contribution in [3.63, 3.8) is 0 Å². The zero-order valence-corrected chi connectivity index (χ0v) is 10.3. The molecular formula is C13H12FN3O3. The molecule has 1 aromatic carbocycles. The van der Waals surface area contributed by atoms with E-state index >= 15 is 0 Å². The van der Waals surface area contributed by atoms with Gasteiger partial charge in [-0.15, -0.1) is 0 Å². The molecule has 104 valence electrons. The largest absolute Gasteiger partial charge is 0.465 e. The molecule has 1 heterocycles. The molecule has 6 nitrogen and oxygen atoms in total. The monoisotopic (exact) mass is 277 g/mol. The number of ether oxygens (including phenoxy) is 1. The predicted molar refractivity (Wildman–Crippen MR) is 70.0 cm³/mol. The van der Waals surface area contributed by atoms with Crippen LogP contribution in [-0.2, 0) is 6.54 Å². The first-order chi connectivity index (χ1) is 9.54. The van der Waals surface area contributed by atoms with Crippen LogP contribution >= 0.6 is 0 Å². The number of carboxylic acid groups (broad SMARTS) is 1. The van der Waals surface area contributed by atoms with E-state index in [1.54, 1.807) is 12.1 Å². The molecule has 4 N–H and O–H groups in total. The van der Waals surface area contributed by atoms with Crippen molar-refractivity contribution in [3.05, 3.63) is 47.9 Å². The van der Waals surface area contributed by atoms with Gasteiger partial charge in [0.25, 0.3) is 0 Å². The van der Waals surface area contributed by atoms with Crippen LogP contribution in [0.15, 0.2) is 36.5 Å². The number of rotatable bonds is 4. The second-order valence-corrected chi connectivity index (χ2v) is 3.96. The standard InChI is InChI=1S/C13H12FN3O3/c14-10-5-8(6-17-13(18)19)1-3-11(10)20-12-4-2-9(15)7-16-12/h1-5,7,17H,6,15H2,(H,18,19). The zero-order valence-electron chi connectivity index (χ0n) is 10.3. The Morgan fingerprint density at radius 2 is 2.20 bits per heavy atom. The van der Waals surface area contributed by atoms with Gasteiger partial charge in [0.15, 0.2) is 11.6 Å². The SMILES string of the molecule is Nc1ccc(Oc2ccc(CNC(=O)O)cc2F)nc1. The number of halogens is 1. The minimum Gasteiger partial charge on any atom is -0.465 e. The van der Waals surface area contributed by atoms with Gasteiger partial charge in [-0.3, -0.25) is 0 Å². The van der Waals surface area contributed by atoms with Gasteiger partial charge in [-0.2, -0.15) is 0 Å². The molecule has 7 heteroatoms. The summed E-state index contributed by atoms with van der Waals surface area (Å²) in [6.45, 7) is 0.0205. The van der Waals surface area contributed by atoms with Crippen molar-refractivity contribution in [2.75, 3.05) is 5.73 Å². The van der Waals surface area contributed by atoms with E-state index in [4.69, 9.17) is 15.6 Å². The van der Waals surface area contributed by atoms with Crippen molar-refractivity contribution in [3.8, 4) is 11.6 Å². The molecule has 0 atom stereocenters. The molecule has 2 rings (SSSR count). The number of carbonyl (C=O) groups is 1. The molecule has 20 heavy (non-hydrogen) atoms. The topological polar surface area (TPSA) is 97.5 Å². The van der Waals surface area contributed by atoms with Crippen molar-refractivity contribution in [1.82, 2.24) is 10.3 Å². The third-order valence-electron chi connectivity index (χ3n) is 2.41. The number of benzene rings is 1. The zero-order chi connectivity index (χ0) is 14.5. The Labute approximate surface area is 114 Å². The highest BCUT2D eigenvalue weighted by molar-refractivity contribution is 5.64. The van der Waals surface area contributed by atoms with E-state index in [2.05, 4.69) is 10.3 Å². The second kappa shape index (κ2) is 5.87. The smallest absolute Gasteiger partial charge is 0.404 e. The second-order valence-electron chi connectivity index (χ2n) is 3.96. The van der Waals surface area contributed by atoms with Gasteiger partial charge in [0.1, 0.15) is 0 Å². The van der Waals surface area contributed by atoms with Crippen LogP contribution in [0.2, 0.25) is 0 Å². The van der Waals surface area contributed by atoms with Gasteiger partial charge in [-0.25, -0.2) is 14.2 Å². The molecule has 0 aliphatic heterocycles. The number of nitrogens with zero attached hydrogens (tertiary/aromatic N) is 1. The number of nitrogens with two attached hydrogens (primary N) is 1. The third kappa shape index (κ3) is 3.58. The Morgan fingerprint density at radius 1 is 1.40 bits per heavy atom. The molecule has 0 saturated carbocycles. The Morgan fingerprint density at radius 3 is 2.80 bits per heavy atom. The van der Waals surface area contributed by atoms with E-state index in [1.165, 1.54) is 24.4 Å². The Kier molecular flexibility index (Phi) is 3.99. The van der Waals surface area contributed by atoms with Gasteiger partial charge in [0.05, 0.1) is 11.9 Å². The molecule has 1 aromatic heterocycles. The maximum atomic E-state index is 13.8. The lowest BCUT2D eigenvalue weighted by molar-refractivity contribution is 0.194. The molecule has 0 aliphatic carbocycles. The number of aromatic nitrogens is 1. The van der Waals surface area contributed by atoms with Crippen molar-refractivity contribution in [2.45, 2.75) is 6.54 Å². The van der Waals surface area contributed by atoms with Crippen LogP contribution in [0.25, 0.3) is 0 Å². The van der Waals surface area contributed by atoms with E-state index in [0.29, 0.717) is 11.3 Å². The number of pyridine rings is 1. The maximum absolute atomic E-state index is 13.8. The quantitative estimate of drug-likeness (QED) is 0.797. The first-order valence-corrected chi connectivity index (χ1v) is 5.69. The van der Waals surface area contributed by atoms with Crippen molar-refractivity contribution in [1.29, 1.82) is 0 Å². The Hall–Kier alpha value is -2.83. The highest BCUT2D eigenvalue weighted by Gasteiger charge is 2.07. The van der Waals surface area contributed by atoms with Gasteiger partial charge < -0.3 is 20.9 Å². The number of nitrogen functional groups attached to an aromatic ring is 1. The number of hydrogen-bond acceptors (Lipinski definition) is 4. The highest BCUT2D eigenvalue weighted by atomic mass is 19.1. The number of anilines is 1. The summed E-state index contributed by atoms with van der Waals surface area (Å²) in [7, 11) is 0. The summed E-state index contributed by atoms with van der Waals surface area (Å²) in [6, 6.07) is 7.28. The first-order valence-electron chi connectivity index (χ1n) is 5.69. The molecule has 0 bridgehead atoms. The summed E-state index contributed by atoms with van der Waals surface area (Å²) in [5.74, 6) is -0.385. The van der Waals surface area contributed by atoms with Gasteiger partial charge in [-0.05, 0) is 23.8 Å². The van der Waals surface area contributed by atoms with Crippen LogP contribution in [-0.4, -0.2) is 16.2 Å². The van der Waals surface area contributed by atoms with Gasteiger partial charge in [0.2, 0.25) is 5.88 Å². The molecule has 2 aromatic rings. The highest BCUT2D eigenvalue weighted by Crippen LogP contribution is 2.24. The molecule has 0 saturated heterocycles. The molecule has 0 aliphatic rings. The van der Waals surface area contributed by atoms with Crippen molar-refractivity contribution in [2.24, 2.45) is 0 Å². The third-order valence-corrected chi connectivity index (χ3v) is 2.41. The number of nitrogens with one attached hydrogen (secondary N) is 1. The summed E-state index contributed by atoms with van der Waals surface area (Å²) in [6.07, 6.45) is 0.232. The molecular weight excluding hydrogens is 265 g/mol. The maximum Gasteiger partial charge on any atom is 0.404 e. The van der Waals surface area contributed by atoms with Crippen molar-refractivity contribution < 1.29 is 19.0 Å². The fourth-order valence-electron chi connectivity index (χ4n) is 1.48. The van der Waals surface area contributed by atoms with Crippen molar-refractivity contribution >= 4 is 11.8 Å². The lowest BCUT2D eigenvalue weighted by Gasteiger charge is -2.08. The van der Waals surface area contributed by atoms with E-state index in [0.717, 1.165) is 0 Å². The van der Waals surface area contributed by atoms with Crippen LogP contribution in [0.4, 0.5) is 14.9 Å². The van der Waals surface area contributed by atoms with Gasteiger partial charge in [0, 0.05) is 12.6 Å². The average molecular weight is 277 g/mol. The fourth-order valence-corrected chi connectivity index (χ4v) is 1.48. The normalized spacial score (nSPS) is 10.1. The molecule has 0 unspecified atom stereocenters. The van der Waals surface area contributed by atoms with Crippen LogP contribution < -0.4 is 15.8 Å². The lowest BCUT2D eigenvalue weighted by Crippen LogP contribution is -2.19. The lowest BCUT2D eigenvalue weighted by atomic mass is 10.2. The first kappa shape index (κ1) is 13.6.